The lowest BCUT2D eigenvalue weighted by molar-refractivity contribution is -0.208. The molecule has 0 heterocycles. The first-order chi connectivity index (χ1) is 13.2. The minimum absolute atomic E-state index is 0.155. The quantitative estimate of drug-likeness (QED) is 0.301. The molecule has 0 saturated heterocycles. The predicted molar refractivity (Wildman–Crippen MR) is 104 cm³/mol. The van der Waals surface area contributed by atoms with E-state index in [-0.39, 0.29) is 25.5 Å². The van der Waals surface area contributed by atoms with Crippen LogP contribution in [0, 0.1) is 0 Å². The topological polar surface area (TPSA) is 112 Å². The highest BCUT2D eigenvalue weighted by atomic mass is 31.2. The summed E-state index contributed by atoms with van der Waals surface area (Å²) in [7, 11) is -7.69. The first-order valence-electron chi connectivity index (χ1n) is 8.69. The van der Waals surface area contributed by atoms with Crippen LogP contribution >= 0.6 is 15.2 Å². The van der Waals surface area contributed by atoms with Gasteiger partial charge in [0.25, 0.3) is 0 Å². The molecule has 2 aromatic rings. The van der Waals surface area contributed by atoms with Gasteiger partial charge in [-0.3, -0.25) is 9.13 Å². The third-order valence-electron chi connectivity index (χ3n) is 3.58. The molecule has 2 N–H and O–H groups in total. The Morgan fingerprint density at radius 3 is 1.29 bits per heavy atom. The lowest BCUT2D eigenvalue weighted by Gasteiger charge is -2.12. The van der Waals surface area contributed by atoms with Crippen LogP contribution in [0.4, 0.5) is 0 Å². The van der Waals surface area contributed by atoms with Crippen molar-refractivity contribution in [3.63, 3.8) is 0 Å². The molecule has 0 aliphatic heterocycles. The zero-order valence-electron chi connectivity index (χ0n) is 15.7. The lowest BCUT2D eigenvalue weighted by Crippen LogP contribution is -1.96. The standard InChI is InChI=1S/C18H24O8P2/c1-3-23-25-27(19,20)13-15-5-9-17(10-6-15)18-11-7-16(8-12-18)14-28(21,22)26-24-4-2/h5-12H,3-4,13-14H2,1-2H3,(H,19,20)(H,21,22). The summed E-state index contributed by atoms with van der Waals surface area (Å²) >= 11 is 0. The van der Waals surface area contributed by atoms with Crippen molar-refractivity contribution in [3.8, 4) is 11.1 Å². The van der Waals surface area contributed by atoms with E-state index in [0.29, 0.717) is 11.1 Å². The molecule has 2 unspecified atom stereocenters. The van der Waals surface area contributed by atoms with Crippen LogP contribution < -0.4 is 0 Å². The molecule has 0 radical (unpaired) electrons. The van der Waals surface area contributed by atoms with E-state index in [0.717, 1.165) is 11.1 Å². The van der Waals surface area contributed by atoms with E-state index in [1.54, 1.807) is 38.1 Å². The van der Waals surface area contributed by atoms with Gasteiger partial charge >= 0.3 is 15.2 Å². The van der Waals surface area contributed by atoms with Gasteiger partial charge in [0.05, 0.1) is 25.5 Å². The SMILES string of the molecule is CCOOP(=O)(O)Cc1ccc(-c2ccc(CP(=O)(O)OOCC)cc2)cc1. The Kier molecular flexibility index (Phi) is 8.56. The molecule has 0 aliphatic rings. The zero-order chi connectivity index (χ0) is 20.6. The number of hydrogen-bond donors (Lipinski definition) is 2. The highest BCUT2D eigenvalue weighted by Crippen LogP contribution is 2.47. The fourth-order valence-corrected chi connectivity index (χ4v) is 4.38. The Labute approximate surface area is 164 Å². The Balaban J connectivity index is 2.02. The van der Waals surface area contributed by atoms with Crippen LogP contribution in [0.3, 0.4) is 0 Å². The van der Waals surface area contributed by atoms with Gasteiger partial charge in [-0.2, -0.15) is 0 Å². The molecular weight excluding hydrogens is 406 g/mol. The average Bonchev–Trinajstić information content (AvgIpc) is 2.66. The molecule has 0 bridgehead atoms. The summed E-state index contributed by atoms with van der Waals surface area (Å²) in [6, 6.07) is 14.2. The number of hydrogen-bond acceptors (Lipinski definition) is 6. The van der Waals surface area contributed by atoms with Crippen molar-refractivity contribution in [2.24, 2.45) is 0 Å². The van der Waals surface area contributed by atoms with E-state index < -0.39 is 15.2 Å². The van der Waals surface area contributed by atoms with Gasteiger partial charge in [-0.25, -0.2) is 9.78 Å². The van der Waals surface area contributed by atoms with Gasteiger partial charge in [-0.15, -0.1) is 9.35 Å². The van der Waals surface area contributed by atoms with Crippen LogP contribution in [0.1, 0.15) is 25.0 Å². The van der Waals surface area contributed by atoms with Crippen LogP contribution in [0.2, 0.25) is 0 Å². The zero-order valence-corrected chi connectivity index (χ0v) is 17.5. The molecule has 8 nitrogen and oxygen atoms in total. The largest absolute Gasteiger partial charge is 0.359 e. The third-order valence-corrected chi connectivity index (χ3v) is 5.79. The van der Waals surface area contributed by atoms with E-state index in [4.69, 9.17) is 0 Å². The van der Waals surface area contributed by atoms with Gasteiger partial charge < -0.3 is 9.79 Å². The van der Waals surface area contributed by atoms with Gasteiger partial charge in [0.15, 0.2) is 0 Å². The van der Waals surface area contributed by atoms with Crippen molar-refractivity contribution < 1.29 is 38.0 Å². The van der Waals surface area contributed by atoms with Crippen LogP contribution in [0.15, 0.2) is 48.5 Å². The Morgan fingerprint density at radius 1 is 0.679 bits per heavy atom. The molecule has 0 fully saturated rings. The van der Waals surface area contributed by atoms with Gasteiger partial charge in [-0.05, 0) is 36.1 Å². The normalized spacial score (nSPS) is 15.7. The second kappa shape index (κ2) is 10.4. The highest BCUT2D eigenvalue weighted by molar-refractivity contribution is 7.52. The maximum Gasteiger partial charge on any atom is 0.359 e. The van der Waals surface area contributed by atoms with Crippen molar-refractivity contribution in [1.29, 1.82) is 0 Å². The average molecular weight is 430 g/mol. The summed E-state index contributed by atoms with van der Waals surface area (Å²) in [4.78, 5) is 28.5. The van der Waals surface area contributed by atoms with E-state index in [2.05, 4.69) is 19.1 Å². The van der Waals surface area contributed by atoms with Crippen molar-refractivity contribution in [3.05, 3.63) is 59.7 Å². The van der Waals surface area contributed by atoms with E-state index >= 15 is 0 Å². The van der Waals surface area contributed by atoms with Crippen molar-refractivity contribution in [1.82, 2.24) is 0 Å². The molecule has 28 heavy (non-hydrogen) atoms. The van der Waals surface area contributed by atoms with Gasteiger partial charge in [0.2, 0.25) is 0 Å². The molecule has 2 rings (SSSR count). The van der Waals surface area contributed by atoms with Gasteiger partial charge in [0.1, 0.15) is 0 Å². The third kappa shape index (κ3) is 7.59. The van der Waals surface area contributed by atoms with Crippen LogP contribution in [0.25, 0.3) is 11.1 Å². The number of rotatable bonds is 11. The van der Waals surface area contributed by atoms with Gasteiger partial charge in [-0.1, -0.05) is 48.5 Å². The molecule has 10 heteroatoms. The minimum atomic E-state index is -3.85. The fourth-order valence-electron chi connectivity index (χ4n) is 2.39. The van der Waals surface area contributed by atoms with Crippen molar-refractivity contribution in [2.75, 3.05) is 13.2 Å². The second-order valence-electron chi connectivity index (χ2n) is 5.95. The first kappa shape index (κ1) is 22.9. The summed E-state index contributed by atoms with van der Waals surface area (Å²) in [5.41, 5.74) is 3.07. The molecule has 2 aromatic carbocycles. The predicted octanol–water partition coefficient (Wildman–Crippen LogP) is 4.66. The highest BCUT2D eigenvalue weighted by Gasteiger charge is 2.22. The summed E-state index contributed by atoms with van der Waals surface area (Å²) in [5, 5.41) is 0. The Morgan fingerprint density at radius 2 is 1.00 bits per heavy atom. The summed E-state index contributed by atoms with van der Waals surface area (Å²) < 4.78 is 32.8. The van der Waals surface area contributed by atoms with E-state index in [1.165, 1.54) is 0 Å². The molecule has 0 aromatic heterocycles. The van der Waals surface area contributed by atoms with Crippen molar-refractivity contribution >= 4 is 15.2 Å². The maximum absolute atomic E-state index is 11.9. The summed E-state index contributed by atoms with van der Waals surface area (Å²) in [5.74, 6) is 0. The Hall–Kier alpha value is -1.34. The molecule has 0 spiro atoms. The molecule has 154 valence electrons. The van der Waals surface area contributed by atoms with Crippen LogP contribution in [0.5, 0.6) is 0 Å². The molecular formula is C18H24O8P2. The monoisotopic (exact) mass is 430 g/mol. The Bertz CT molecular complexity index is 764. The van der Waals surface area contributed by atoms with Crippen LogP contribution in [-0.4, -0.2) is 23.0 Å². The minimum Gasteiger partial charge on any atom is -0.323 e. The van der Waals surface area contributed by atoms with E-state index in [9.17, 15) is 18.9 Å². The summed E-state index contributed by atoms with van der Waals surface area (Å²) in [6.07, 6.45) is -0.310. The smallest absolute Gasteiger partial charge is 0.323 e. The maximum atomic E-state index is 11.9. The first-order valence-corrected chi connectivity index (χ1v) is 12.2. The van der Waals surface area contributed by atoms with Crippen molar-refractivity contribution in [2.45, 2.75) is 26.2 Å². The molecule has 0 saturated carbocycles. The van der Waals surface area contributed by atoms with Gasteiger partial charge in [0, 0.05) is 0 Å². The summed E-state index contributed by atoms with van der Waals surface area (Å²) in [6.45, 7) is 3.68. The second-order valence-corrected chi connectivity index (χ2v) is 9.43. The number of benzene rings is 2. The fraction of sp³-hybridized carbons (Fsp3) is 0.333. The molecule has 0 amide bonds. The lowest BCUT2D eigenvalue weighted by atomic mass is 10.0. The van der Waals surface area contributed by atoms with Crippen LogP contribution in [-0.2, 0) is 40.6 Å². The molecule has 2 atom stereocenters. The van der Waals surface area contributed by atoms with E-state index in [1.807, 2.05) is 24.3 Å². The molecule has 0 aliphatic carbocycles.